The van der Waals surface area contributed by atoms with Crippen molar-refractivity contribution in [1.82, 2.24) is 4.90 Å². The van der Waals surface area contributed by atoms with Crippen molar-refractivity contribution < 1.29 is 23.7 Å². The first-order valence-electron chi connectivity index (χ1n) is 9.98. The number of benzene rings is 2. The third-order valence-electron chi connectivity index (χ3n) is 5.17. The third-order valence-corrected chi connectivity index (χ3v) is 5.17. The average Bonchev–Trinajstić information content (AvgIpc) is 2.77. The highest BCUT2D eigenvalue weighted by Crippen LogP contribution is 2.41. The predicted octanol–water partition coefficient (Wildman–Crippen LogP) is 3.86. The minimum Gasteiger partial charge on any atom is -0.493 e. The summed E-state index contributed by atoms with van der Waals surface area (Å²) in [4.78, 5) is 2.41. The fraction of sp³-hybridized carbons (Fsp3) is 0.478. The average molecular weight is 402 g/mol. The first-order chi connectivity index (χ1) is 14.1. The maximum Gasteiger partial charge on any atom is 0.203 e. The zero-order valence-corrected chi connectivity index (χ0v) is 17.8. The zero-order chi connectivity index (χ0) is 20.6. The number of aryl methyl sites for hydroxylation is 1. The van der Waals surface area contributed by atoms with Crippen LogP contribution in [-0.2, 0) is 4.74 Å². The molecule has 3 rings (SSSR count). The molecule has 1 aliphatic heterocycles. The van der Waals surface area contributed by atoms with Crippen molar-refractivity contribution >= 4 is 0 Å². The summed E-state index contributed by atoms with van der Waals surface area (Å²) in [5.41, 5.74) is 2.20. The summed E-state index contributed by atoms with van der Waals surface area (Å²) in [7, 11) is 4.87. The molecule has 0 radical (unpaired) electrons. The van der Waals surface area contributed by atoms with Crippen LogP contribution < -0.4 is 18.9 Å². The maximum atomic E-state index is 6.41. The van der Waals surface area contributed by atoms with Gasteiger partial charge in [-0.25, -0.2) is 0 Å². The van der Waals surface area contributed by atoms with Crippen molar-refractivity contribution in [2.75, 3.05) is 54.2 Å². The van der Waals surface area contributed by atoms with E-state index in [1.807, 2.05) is 24.3 Å². The topological polar surface area (TPSA) is 49.4 Å². The second-order valence-corrected chi connectivity index (χ2v) is 7.12. The van der Waals surface area contributed by atoms with Gasteiger partial charge in [-0.1, -0.05) is 17.7 Å². The van der Waals surface area contributed by atoms with Crippen LogP contribution in [0.25, 0.3) is 0 Å². The Morgan fingerprint density at radius 2 is 1.55 bits per heavy atom. The fourth-order valence-electron chi connectivity index (χ4n) is 3.49. The van der Waals surface area contributed by atoms with Gasteiger partial charge in [-0.15, -0.1) is 0 Å². The van der Waals surface area contributed by atoms with E-state index in [-0.39, 0.29) is 6.10 Å². The van der Waals surface area contributed by atoms with Gasteiger partial charge in [-0.2, -0.15) is 0 Å². The molecule has 6 heteroatoms. The van der Waals surface area contributed by atoms with Gasteiger partial charge in [0.15, 0.2) is 11.5 Å². The van der Waals surface area contributed by atoms with Crippen molar-refractivity contribution in [2.45, 2.75) is 19.4 Å². The van der Waals surface area contributed by atoms with Crippen LogP contribution in [-0.4, -0.2) is 59.1 Å². The molecule has 1 unspecified atom stereocenters. The second kappa shape index (κ2) is 10.4. The lowest BCUT2D eigenvalue weighted by Gasteiger charge is -2.29. The highest BCUT2D eigenvalue weighted by Gasteiger charge is 2.22. The molecule has 1 fully saturated rings. The van der Waals surface area contributed by atoms with E-state index in [0.717, 1.165) is 50.6 Å². The van der Waals surface area contributed by atoms with E-state index in [1.165, 1.54) is 5.56 Å². The van der Waals surface area contributed by atoms with Gasteiger partial charge in [-0.05, 0) is 36.8 Å². The van der Waals surface area contributed by atoms with Crippen molar-refractivity contribution in [1.29, 1.82) is 0 Å². The fourth-order valence-corrected chi connectivity index (χ4v) is 3.49. The standard InChI is InChI=1S/C23H31NO5/c1-17-5-7-19(8-6-17)29-20(9-10-24-11-13-28-14-12-24)18-15-21(25-2)23(27-4)22(16-18)26-3/h5-8,15-16,20H,9-14H2,1-4H3. The van der Waals surface area contributed by atoms with Gasteiger partial charge < -0.3 is 23.7 Å². The number of rotatable bonds is 9. The van der Waals surface area contributed by atoms with E-state index in [1.54, 1.807) is 21.3 Å². The molecule has 0 amide bonds. The van der Waals surface area contributed by atoms with Crippen LogP contribution in [0.15, 0.2) is 36.4 Å². The van der Waals surface area contributed by atoms with E-state index in [2.05, 4.69) is 24.0 Å². The Morgan fingerprint density at radius 3 is 2.10 bits per heavy atom. The van der Waals surface area contributed by atoms with Gasteiger partial charge in [-0.3, -0.25) is 4.90 Å². The Kier molecular flexibility index (Phi) is 7.61. The molecule has 1 atom stereocenters. The van der Waals surface area contributed by atoms with E-state index in [0.29, 0.717) is 17.2 Å². The Bertz CT molecular complexity index is 746. The molecule has 1 heterocycles. The lowest BCUT2D eigenvalue weighted by Crippen LogP contribution is -2.37. The van der Waals surface area contributed by atoms with Gasteiger partial charge in [0.1, 0.15) is 11.9 Å². The van der Waals surface area contributed by atoms with Crippen molar-refractivity contribution in [3.63, 3.8) is 0 Å². The molecular weight excluding hydrogens is 370 g/mol. The number of methoxy groups -OCH3 is 3. The van der Waals surface area contributed by atoms with Crippen molar-refractivity contribution in [3.8, 4) is 23.0 Å². The Hall–Kier alpha value is -2.44. The number of morpholine rings is 1. The number of hydrogen-bond acceptors (Lipinski definition) is 6. The van der Waals surface area contributed by atoms with Gasteiger partial charge in [0, 0.05) is 26.1 Å². The molecule has 29 heavy (non-hydrogen) atoms. The van der Waals surface area contributed by atoms with Gasteiger partial charge in [0.25, 0.3) is 0 Å². The van der Waals surface area contributed by atoms with Crippen molar-refractivity contribution in [2.24, 2.45) is 0 Å². The maximum absolute atomic E-state index is 6.41. The Labute approximate surface area is 173 Å². The third kappa shape index (κ3) is 5.55. The SMILES string of the molecule is COc1cc(C(CCN2CCOCC2)Oc2ccc(C)cc2)cc(OC)c1OC. The number of ether oxygens (including phenoxy) is 5. The van der Waals surface area contributed by atoms with E-state index < -0.39 is 0 Å². The highest BCUT2D eigenvalue weighted by atomic mass is 16.5. The Balaban J connectivity index is 1.87. The van der Waals surface area contributed by atoms with Gasteiger partial charge >= 0.3 is 0 Å². The van der Waals surface area contributed by atoms with Gasteiger partial charge in [0.05, 0.1) is 34.5 Å². The van der Waals surface area contributed by atoms with Crippen LogP contribution in [0.1, 0.15) is 23.7 Å². The molecule has 1 aliphatic rings. The molecule has 0 aromatic heterocycles. The van der Waals surface area contributed by atoms with E-state index in [4.69, 9.17) is 23.7 Å². The molecule has 1 saturated heterocycles. The molecule has 2 aromatic rings. The number of hydrogen-bond donors (Lipinski definition) is 0. The summed E-state index contributed by atoms with van der Waals surface area (Å²) >= 11 is 0. The zero-order valence-electron chi connectivity index (χ0n) is 17.8. The van der Waals surface area contributed by atoms with Crippen LogP contribution in [0.3, 0.4) is 0 Å². The summed E-state index contributed by atoms with van der Waals surface area (Å²) in [5, 5.41) is 0. The summed E-state index contributed by atoms with van der Waals surface area (Å²) < 4.78 is 28.4. The summed E-state index contributed by atoms with van der Waals surface area (Å²) in [5.74, 6) is 2.69. The minimum absolute atomic E-state index is 0.144. The Morgan fingerprint density at radius 1 is 0.931 bits per heavy atom. The summed E-state index contributed by atoms with van der Waals surface area (Å²) in [6, 6.07) is 12.1. The molecule has 0 saturated carbocycles. The largest absolute Gasteiger partial charge is 0.493 e. The van der Waals surface area contributed by atoms with Gasteiger partial charge in [0.2, 0.25) is 5.75 Å². The normalized spacial score (nSPS) is 15.6. The monoisotopic (exact) mass is 401 g/mol. The second-order valence-electron chi connectivity index (χ2n) is 7.12. The van der Waals surface area contributed by atoms with Crippen LogP contribution in [0.5, 0.6) is 23.0 Å². The molecule has 158 valence electrons. The summed E-state index contributed by atoms with van der Waals surface area (Å²) in [6.45, 7) is 6.47. The van der Waals surface area contributed by atoms with E-state index >= 15 is 0 Å². The molecular formula is C23H31NO5. The highest BCUT2D eigenvalue weighted by molar-refractivity contribution is 5.54. The molecule has 0 N–H and O–H groups in total. The predicted molar refractivity (Wildman–Crippen MR) is 113 cm³/mol. The molecule has 0 aliphatic carbocycles. The van der Waals surface area contributed by atoms with Crippen LogP contribution in [0.4, 0.5) is 0 Å². The quantitative estimate of drug-likeness (QED) is 0.636. The lowest BCUT2D eigenvalue weighted by atomic mass is 10.0. The van der Waals surface area contributed by atoms with Crippen LogP contribution in [0, 0.1) is 6.92 Å². The first-order valence-corrected chi connectivity index (χ1v) is 9.98. The van der Waals surface area contributed by atoms with Crippen molar-refractivity contribution in [3.05, 3.63) is 47.5 Å². The molecule has 6 nitrogen and oxygen atoms in total. The number of nitrogens with zero attached hydrogens (tertiary/aromatic N) is 1. The molecule has 0 spiro atoms. The lowest BCUT2D eigenvalue weighted by molar-refractivity contribution is 0.0317. The van der Waals surface area contributed by atoms with Crippen LogP contribution in [0.2, 0.25) is 0 Å². The van der Waals surface area contributed by atoms with E-state index in [9.17, 15) is 0 Å². The first kappa shape index (κ1) is 21.3. The summed E-state index contributed by atoms with van der Waals surface area (Å²) in [6.07, 6.45) is 0.696. The minimum atomic E-state index is -0.144. The molecule has 0 bridgehead atoms. The molecule has 2 aromatic carbocycles. The smallest absolute Gasteiger partial charge is 0.203 e. The van der Waals surface area contributed by atoms with Crippen LogP contribution >= 0.6 is 0 Å².